The van der Waals surface area contributed by atoms with Crippen LogP contribution in [0, 0.1) is 20.8 Å². The SMILES string of the molecule is Cc1nc(-c2ccc(CCNC(=O)CNC(=O)c3ccc(C)c(C)c3)s2)cs1. The number of hydrogen-bond donors (Lipinski definition) is 2. The Morgan fingerprint density at radius 3 is 2.57 bits per heavy atom. The van der Waals surface area contributed by atoms with Crippen LogP contribution in [0.3, 0.4) is 0 Å². The fourth-order valence-corrected chi connectivity index (χ4v) is 4.31. The number of aryl methyl sites for hydroxylation is 3. The van der Waals surface area contributed by atoms with E-state index in [-0.39, 0.29) is 18.4 Å². The van der Waals surface area contributed by atoms with Crippen molar-refractivity contribution >= 4 is 34.5 Å². The lowest BCUT2D eigenvalue weighted by Gasteiger charge is -2.08. The smallest absolute Gasteiger partial charge is 0.251 e. The van der Waals surface area contributed by atoms with E-state index in [4.69, 9.17) is 0 Å². The number of nitrogens with zero attached hydrogens (tertiary/aromatic N) is 1. The van der Waals surface area contributed by atoms with Gasteiger partial charge in [-0.1, -0.05) is 6.07 Å². The minimum Gasteiger partial charge on any atom is -0.354 e. The average Bonchev–Trinajstić information content (AvgIpc) is 3.31. The number of amides is 2. The van der Waals surface area contributed by atoms with Crippen molar-refractivity contribution in [3.63, 3.8) is 0 Å². The minimum atomic E-state index is -0.236. The molecule has 28 heavy (non-hydrogen) atoms. The summed E-state index contributed by atoms with van der Waals surface area (Å²) in [5.74, 6) is -0.427. The highest BCUT2D eigenvalue weighted by Crippen LogP contribution is 2.29. The number of carbonyl (C=O) groups excluding carboxylic acids is 2. The van der Waals surface area contributed by atoms with Crippen molar-refractivity contribution in [1.29, 1.82) is 0 Å². The van der Waals surface area contributed by atoms with E-state index < -0.39 is 0 Å². The van der Waals surface area contributed by atoms with Gasteiger partial charge in [-0.25, -0.2) is 4.98 Å². The zero-order valence-corrected chi connectivity index (χ0v) is 17.8. The fraction of sp³-hybridized carbons (Fsp3) is 0.286. The van der Waals surface area contributed by atoms with Gasteiger partial charge in [0.05, 0.1) is 22.1 Å². The molecule has 0 aliphatic rings. The molecule has 0 unspecified atom stereocenters. The Hall–Kier alpha value is -2.51. The number of thiazole rings is 1. The van der Waals surface area contributed by atoms with Gasteiger partial charge in [-0.2, -0.15) is 0 Å². The van der Waals surface area contributed by atoms with Gasteiger partial charge in [0.15, 0.2) is 0 Å². The molecular formula is C21H23N3O2S2. The summed E-state index contributed by atoms with van der Waals surface area (Å²) in [4.78, 5) is 31.0. The van der Waals surface area contributed by atoms with Crippen LogP contribution in [0.15, 0.2) is 35.7 Å². The Kier molecular flexibility index (Phi) is 6.59. The van der Waals surface area contributed by atoms with Crippen molar-refractivity contribution in [1.82, 2.24) is 15.6 Å². The molecule has 0 saturated heterocycles. The maximum absolute atomic E-state index is 12.2. The van der Waals surface area contributed by atoms with Crippen molar-refractivity contribution in [2.24, 2.45) is 0 Å². The number of rotatable bonds is 7. The third kappa shape index (κ3) is 5.27. The summed E-state index contributed by atoms with van der Waals surface area (Å²) in [5, 5.41) is 8.63. The molecule has 3 rings (SSSR count). The molecule has 5 nitrogen and oxygen atoms in total. The van der Waals surface area contributed by atoms with Crippen LogP contribution < -0.4 is 10.6 Å². The van der Waals surface area contributed by atoms with Crippen molar-refractivity contribution in [3.8, 4) is 10.6 Å². The first-order valence-electron chi connectivity index (χ1n) is 9.06. The van der Waals surface area contributed by atoms with Crippen LogP contribution in [0.4, 0.5) is 0 Å². The molecule has 0 fully saturated rings. The largest absolute Gasteiger partial charge is 0.354 e. The summed E-state index contributed by atoms with van der Waals surface area (Å²) < 4.78 is 0. The monoisotopic (exact) mass is 413 g/mol. The molecular weight excluding hydrogens is 390 g/mol. The number of thiophene rings is 1. The van der Waals surface area contributed by atoms with Gasteiger partial charge in [0.25, 0.3) is 5.91 Å². The van der Waals surface area contributed by atoms with E-state index >= 15 is 0 Å². The van der Waals surface area contributed by atoms with Crippen molar-refractivity contribution in [2.45, 2.75) is 27.2 Å². The van der Waals surface area contributed by atoms with Gasteiger partial charge in [0.2, 0.25) is 5.91 Å². The maximum atomic E-state index is 12.2. The second-order valence-electron chi connectivity index (χ2n) is 6.60. The molecule has 1 aromatic carbocycles. The van der Waals surface area contributed by atoms with Gasteiger partial charge in [-0.3, -0.25) is 9.59 Å². The zero-order chi connectivity index (χ0) is 20.1. The molecule has 0 bridgehead atoms. The number of hydrogen-bond acceptors (Lipinski definition) is 5. The maximum Gasteiger partial charge on any atom is 0.251 e. The predicted molar refractivity (Wildman–Crippen MR) is 115 cm³/mol. The Morgan fingerprint density at radius 1 is 1.04 bits per heavy atom. The second kappa shape index (κ2) is 9.12. The average molecular weight is 414 g/mol. The second-order valence-corrected chi connectivity index (χ2v) is 8.83. The number of aromatic nitrogens is 1. The molecule has 7 heteroatoms. The van der Waals surface area contributed by atoms with E-state index in [9.17, 15) is 9.59 Å². The van der Waals surface area contributed by atoms with E-state index in [1.54, 1.807) is 28.7 Å². The number of benzene rings is 1. The third-order valence-corrected chi connectivity index (χ3v) is 6.35. The molecule has 0 radical (unpaired) electrons. The molecule has 2 amide bonds. The molecule has 2 N–H and O–H groups in total. The van der Waals surface area contributed by atoms with Crippen LogP contribution in [0.5, 0.6) is 0 Å². The van der Waals surface area contributed by atoms with Crippen LogP contribution >= 0.6 is 22.7 Å². The molecule has 3 aromatic rings. The first kappa shape index (κ1) is 20.2. The number of nitrogens with one attached hydrogen (secondary N) is 2. The van der Waals surface area contributed by atoms with E-state index in [1.165, 1.54) is 4.88 Å². The summed E-state index contributed by atoms with van der Waals surface area (Å²) in [6.07, 6.45) is 0.755. The van der Waals surface area contributed by atoms with Gasteiger partial charge >= 0.3 is 0 Å². The van der Waals surface area contributed by atoms with E-state index in [0.717, 1.165) is 33.1 Å². The Labute approximate surface area is 172 Å². The molecule has 2 heterocycles. The van der Waals surface area contributed by atoms with Crippen LogP contribution in [0.2, 0.25) is 0 Å². The highest BCUT2D eigenvalue weighted by atomic mass is 32.1. The van der Waals surface area contributed by atoms with Gasteiger partial charge in [0, 0.05) is 22.4 Å². The fourth-order valence-electron chi connectivity index (χ4n) is 2.66. The standard InChI is InChI=1S/C21H23N3O2S2/c1-13-4-5-16(10-14(13)2)21(26)23-11-20(25)22-9-8-17-6-7-19(28-17)18-12-27-15(3)24-18/h4-7,10,12H,8-9,11H2,1-3H3,(H,22,25)(H,23,26). The first-order chi connectivity index (χ1) is 13.4. The van der Waals surface area contributed by atoms with Gasteiger partial charge in [0.1, 0.15) is 0 Å². The number of carbonyl (C=O) groups is 2. The van der Waals surface area contributed by atoms with Crippen LogP contribution in [0.25, 0.3) is 10.6 Å². The van der Waals surface area contributed by atoms with Crippen molar-refractivity contribution in [3.05, 3.63) is 62.3 Å². The Balaban J connectivity index is 1.41. The highest BCUT2D eigenvalue weighted by molar-refractivity contribution is 7.16. The molecule has 0 saturated carbocycles. The highest BCUT2D eigenvalue weighted by Gasteiger charge is 2.10. The molecule has 0 aliphatic carbocycles. The van der Waals surface area contributed by atoms with Crippen molar-refractivity contribution in [2.75, 3.05) is 13.1 Å². The third-order valence-electron chi connectivity index (χ3n) is 4.41. The first-order valence-corrected chi connectivity index (χ1v) is 10.8. The summed E-state index contributed by atoms with van der Waals surface area (Å²) in [5.41, 5.74) is 3.77. The summed E-state index contributed by atoms with van der Waals surface area (Å²) in [6, 6.07) is 9.66. The molecule has 0 atom stereocenters. The summed E-state index contributed by atoms with van der Waals surface area (Å²) in [7, 11) is 0. The Bertz CT molecular complexity index is 991. The van der Waals surface area contributed by atoms with E-state index in [2.05, 4.69) is 33.1 Å². The Morgan fingerprint density at radius 2 is 1.86 bits per heavy atom. The summed E-state index contributed by atoms with van der Waals surface area (Å²) >= 11 is 3.33. The van der Waals surface area contributed by atoms with Crippen LogP contribution in [0.1, 0.15) is 31.4 Å². The van der Waals surface area contributed by atoms with E-state index in [1.807, 2.05) is 32.9 Å². The van der Waals surface area contributed by atoms with E-state index in [0.29, 0.717) is 12.1 Å². The van der Waals surface area contributed by atoms with Gasteiger partial charge in [-0.05, 0) is 62.6 Å². The topological polar surface area (TPSA) is 71.1 Å². The molecule has 0 spiro atoms. The van der Waals surface area contributed by atoms with Crippen LogP contribution in [-0.4, -0.2) is 29.9 Å². The summed E-state index contributed by atoms with van der Waals surface area (Å²) in [6.45, 7) is 6.47. The lowest BCUT2D eigenvalue weighted by atomic mass is 10.1. The quantitative estimate of drug-likeness (QED) is 0.617. The van der Waals surface area contributed by atoms with Gasteiger partial charge in [-0.15, -0.1) is 22.7 Å². The minimum absolute atomic E-state index is 0.0282. The van der Waals surface area contributed by atoms with Gasteiger partial charge < -0.3 is 10.6 Å². The van der Waals surface area contributed by atoms with Crippen molar-refractivity contribution < 1.29 is 9.59 Å². The molecule has 146 valence electrons. The molecule has 0 aliphatic heterocycles. The molecule has 2 aromatic heterocycles. The lowest BCUT2D eigenvalue weighted by Crippen LogP contribution is -2.37. The zero-order valence-electron chi connectivity index (χ0n) is 16.2. The van der Waals surface area contributed by atoms with Crippen LogP contribution in [-0.2, 0) is 11.2 Å². The normalized spacial score (nSPS) is 10.7. The lowest BCUT2D eigenvalue weighted by molar-refractivity contribution is -0.120. The predicted octanol–water partition coefficient (Wildman–Crippen LogP) is 3.89.